The highest BCUT2D eigenvalue weighted by atomic mass is 16.4. The van der Waals surface area contributed by atoms with Gasteiger partial charge in [-0.2, -0.15) is 0 Å². The van der Waals surface area contributed by atoms with E-state index in [1.165, 1.54) is 16.3 Å². The van der Waals surface area contributed by atoms with E-state index in [0.29, 0.717) is 25.4 Å². The van der Waals surface area contributed by atoms with Gasteiger partial charge in [-0.1, -0.05) is 30.3 Å². The molecule has 0 fully saturated rings. The number of fused-ring (bicyclic) bond motifs is 1. The molecule has 0 radical (unpaired) electrons. The third-order valence-corrected chi connectivity index (χ3v) is 4.68. The number of carbonyl (C=O) groups is 1. The van der Waals surface area contributed by atoms with E-state index >= 15 is 0 Å². The quantitative estimate of drug-likeness (QED) is 0.687. The van der Waals surface area contributed by atoms with Crippen LogP contribution >= 0.6 is 0 Å². The smallest absolute Gasteiger partial charge is 0.347 e. The minimum Gasteiger partial charge on any atom is -0.445 e. The standard InChI is InChI=1S/C20H20N4O3/c25-19(14-24-11-4-10-21-20(24)26)23-12-9-17-16(13-23)22-18(27-17)8-7-15-5-2-1-3-6-15/h1-6,10-11H,7-9,12-14H2. The highest BCUT2D eigenvalue weighted by molar-refractivity contribution is 5.76. The van der Waals surface area contributed by atoms with Crippen LogP contribution in [0.2, 0.25) is 0 Å². The van der Waals surface area contributed by atoms with Crippen molar-refractivity contribution in [3.8, 4) is 0 Å². The van der Waals surface area contributed by atoms with Crippen LogP contribution in [0.5, 0.6) is 0 Å². The predicted octanol–water partition coefficient (Wildman–Crippen LogP) is 1.60. The van der Waals surface area contributed by atoms with Crippen molar-refractivity contribution >= 4 is 5.91 Å². The van der Waals surface area contributed by atoms with Crippen LogP contribution in [-0.2, 0) is 37.1 Å². The zero-order valence-electron chi connectivity index (χ0n) is 14.9. The number of aromatic nitrogens is 3. The first-order valence-corrected chi connectivity index (χ1v) is 8.99. The largest absolute Gasteiger partial charge is 0.445 e. The third kappa shape index (κ3) is 3.97. The first-order chi connectivity index (χ1) is 13.2. The minimum atomic E-state index is -0.423. The molecule has 0 N–H and O–H groups in total. The van der Waals surface area contributed by atoms with Crippen molar-refractivity contribution < 1.29 is 9.21 Å². The van der Waals surface area contributed by atoms with E-state index in [0.717, 1.165) is 24.3 Å². The van der Waals surface area contributed by atoms with Crippen LogP contribution < -0.4 is 5.69 Å². The molecule has 0 saturated heterocycles. The Bertz CT molecular complexity index is 994. The molecule has 0 bridgehead atoms. The van der Waals surface area contributed by atoms with Crippen molar-refractivity contribution in [3.05, 3.63) is 82.2 Å². The number of aryl methyl sites for hydroxylation is 2. The summed E-state index contributed by atoms with van der Waals surface area (Å²) in [6, 6.07) is 11.9. The van der Waals surface area contributed by atoms with Crippen molar-refractivity contribution in [2.75, 3.05) is 6.54 Å². The van der Waals surface area contributed by atoms with Crippen molar-refractivity contribution in [1.29, 1.82) is 0 Å². The second kappa shape index (κ2) is 7.57. The molecule has 1 aromatic carbocycles. The average molecular weight is 364 g/mol. The molecule has 1 amide bonds. The molecule has 7 nitrogen and oxygen atoms in total. The molecule has 0 unspecified atom stereocenters. The van der Waals surface area contributed by atoms with Gasteiger partial charge in [-0.3, -0.25) is 9.36 Å². The molecule has 1 aliphatic heterocycles. The maximum atomic E-state index is 12.5. The van der Waals surface area contributed by atoms with Gasteiger partial charge in [-0.25, -0.2) is 14.8 Å². The molecule has 138 valence electrons. The first kappa shape index (κ1) is 17.2. The highest BCUT2D eigenvalue weighted by Crippen LogP contribution is 2.21. The maximum Gasteiger partial charge on any atom is 0.347 e. The van der Waals surface area contributed by atoms with Gasteiger partial charge in [0.2, 0.25) is 5.91 Å². The summed E-state index contributed by atoms with van der Waals surface area (Å²) in [5, 5.41) is 0. The molecule has 0 atom stereocenters. The fourth-order valence-corrected chi connectivity index (χ4v) is 3.22. The van der Waals surface area contributed by atoms with Crippen LogP contribution in [0.15, 0.2) is 58.0 Å². The van der Waals surface area contributed by atoms with Gasteiger partial charge in [-0.05, 0) is 18.1 Å². The molecule has 0 saturated carbocycles. The van der Waals surface area contributed by atoms with Gasteiger partial charge < -0.3 is 9.32 Å². The van der Waals surface area contributed by atoms with E-state index in [4.69, 9.17) is 4.42 Å². The monoisotopic (exact) mass is 364 g/mol. The molecule has 2 aromatic heterocycles. The number of oxazole rings is 1. The van der Waals surface area contributed by atoms with Gasteiger partial charge in [0.05, 0.1) is 6.54 Å². The molecule has 0 spiro atoms. The normalized spacial score (nSPS) is 13.4. The highest BCUT2D eigenvalue weighted by Gasteiger charge is 2.25. The van der Waals surface area contributed by atoms with Crippen LogP contribution in [0, 0.1) is 0 Å². The number of amides is 1. The van der Waals surface area contributed by atoms with Crippen LogP contribution in [0.3, 0.4) is 0 Å². The van der Waals surface area contributed by atoms with Gasteiger partial charge in [0.15, 0.2) is 5.89 Å². The lowest BCUT2D eigenvalue weighted by molar-refractivity contribution is -0.133. The van der Waals surface area contributed by atoms with Gasteiger partial charge in [0.25, 0.3) is 0 Å². The van der Waals surface area contributed by atoms with Crippen molar-refractivity contribution in [2.24, 2.45) is 0 Å². The van der Waals surface area contributed by atoms with Gasteiger partial charge >= 0.3 is 5.69 Å². The summed E-state index contributed by atoms with van der Waals surface area (Å²) in [4.78, 5) is 34.2. The zero-order chi connectivity index (χ0) is 18.6. The lowest BCUT2D eigenvalue weighted by Gasteiger charge is -2.25. The van der Waals surface area contributed by atoms with E-state index in [2.05, 4.69) is 22.1 Å². The Hall–Kier alpha value is -3.22. The number of nitrogens with zero attached hydrogens (tertiary/aromatic N) is 4. The minimum absolute atomic E-state index is 0.0132. The molecular formula is C20H20N4O3. The lowest BCUT2D eigenvalue weighted by atomic mass is 10.1. The van der Waals surface area contributed by atoms with E-state index in [1.54, 1.807) is 17.2 Å². The predicted molar refractivity (Wildman–Crippen MR) is 98.0 cm³/mol. The third-order valence-electron chi connectivity index (χ3n) is 4.68. The average Bonchev–Trinajstić information content (AvgIpc) is 3.11. The summed E-state index contributed by atoms with van der Waals surface area (Å²) in [5.41, 5.74) is 1.64. The number of carbonyl (C=O) groups excluding carboxylic acids is 1. The first-order valence-electron chi connectivity index (χ1n) is 8.99. The van der Waals surface area contributed by atoms with Gasteiger partial charge in [0.1, 0.15) is 18.0 Å². The Labute approximate surface area is 156 Å². The molecular weight excluding hydrogens is 344 g/mol. The topological polar surface area (TPSA) is 81.2 Å². The summed E-state index contributed by atoms with van der Waals surface area (Å²) in [6.07, 6.45) is 5.23. The SMILES string of the molecule is O=C(Cn1cccnc1=O)N1CCc2oc(CCc3ccccc3)nc2C1. The lowest BCUT2D eigenvalue weighted by Crippen LogP contribution is -2.39. The summed E-state index contributed by atoms with van der Waals surface area (Å²) in [6.45, 7) is 0.965. The summed E-state index contributed by atoms with van der Waals surface area (Å²) in [5.74, 6) is 1.45. The Kier molecular flexibility index (Phi) is 4.82. The van der Waals surface area contributed by atoms with E-state index in [1.807, 2.05) is 18.2 Å². The molecule has 7 heteroatoms. The Balaban J connectivity index is 1.39. The van der Waals surface area contributed by atoms with Crippen LogP contribution in [0.1, 0.15) is 22.9 Å². The number of benzene rings is 1. The van der Waals surface area contributed by atoms with Crippen LogP contribution in [0.4, 0.5) is 0 Å². The molecule has 27 heavy (non-hydrogen) atoms. The van der Waals surface area contributed by atoms with Gasteiger partial charge in [-0.15, -0.1) is 0 Å². The van der Waals surface area contributed by atoms with Crippen LogP contribution in [-0.4, -0.2) is 31.9 Å². The van der Waals surface area contributed by atoms with Crippen molar-refractivity contribution in [1.82, 2.24) is 19.4 Å². The Morgan fingerprint density at radius 2 is 2.00 bits per heavy atom. The Morgan fingerprint density at radius 3 is 2.81 bits per heavy atom. The summed E-state index contributed by atoms with van der Waals surface area (Å²) >= 11 is 0. The molecule has 3 heterocycles. The molecule has 4 rings (SSSR count). The van der Waals surface area contributed by atoms with E-state index in [-0.39, 0.29) is 12.5 Å². The Morgan fingerprint density at radius 1 is 1.15 bits per heavy atom. The fourth-order valence-electron chi connectivity index (χ4n) is 3.22. The number of hydrogen-bond donors (Lipinski definition) is 0. The maximum absolute atomic E-state index is 12.5. The van der Waals surface area contributed by atoms with E-state index < -0.39 is 5.69 Å². The second-order valence-corrected chi connectivity index (χ2v) is 6.56. The number of hydrogen-bond acceptors (Lipinski definition) is 5. The van der Waals surface area contributed by atoms with Crippen LogP contribution in [0.25, 0.3) is 0 Å². The number of rotatable bonds is 5. The molecule has 0 aliphatic carbocycles. The molecule has 3 aromatic rings. The molecule has 1 aliphatic rings. The van der Waals surface area contributed by atoms with Crippen molar-refractivity contribution in [2.45, 2.75) is 32.4 Å². The summed E-state index contributed by atoms with van der Waals surface area (Å²) in [7, 11) is 0. The van der Waals surface area contributed by atoms with E-state index in [9.17, 15) is 9.59 Å². The van der Waals surface area contributed by atoms with Gasteiger partial charge in [0, 0.05) is 31.8 Å². The second-order valence-electron chi connectivity index (χ2n) is 6.56. The summed E-state index contributed by atoms with van der Waals surface area (Å²) < 4.78 is 7.19. The van der Waals surface area contributed by atoms with Crippen molar-refractivity contribution in [3.63, 3.8) is 0 Å². The fraction of sp³-hybridized carbons (Fsp3) is 0.300. The zero-order valence-corrected chi connectivity index (χ0v) is 14.9.